The van der Waals surface area contributed by atoms with Gasteiger partial charge in [0.15, 0.2) is 6.61 Å². The van der Waals surface area contributed by atoms with Gasteiger partial charge in [-0.25, -0.2) is 4.68 Å². The van der Waals surface area contributed by atoms with Crippen molar-refractivity contribution in [2.45, 2.75) is 18.9 Å². The molecule has 1 N–H and O–H groups in total. The Morgan fingerprint density at radius 3 is 3.05 bits per heavy atom. The monoisotopic (exact) mass is 302 g/mol. The van der Waals surface area contributed by atoms with Crippen molar-refractivity contribution in [1.29, 1.82) is 0 Å². The van der Waals surface area contributed by atoms with Gasteiger partial charge in [-0.05, 0) is 25.0 Å². The van der Waals surface area contributed by atoms with Crippen molar-refractivity contribution >= 4 is 5.91 Å². The molecule has 0 spiro atoms. The molecule has 1 unspecified atom stereocenters. The lowest BCUT2D eigenvalue weighted by atomic mass is 10.2. The van der Waals surface area contributed by atoms with Crippen molar-refractivity contribution in [2.75, 3.05) is 19.8 Å². The average Bonchev–Trinajstić information content (AvgIpc) is 3.23. The van der Waals surface area contributed by atoms with Gasteiger partial charge in [-0.2, -0.15) is 4.98 Å². The van der Waals surface area contributed by atoms with Crippen LogP contribution in [0.3, 0.4) is 0 Å². The first kappa shape index (κ1) is 14.5. The molecule has 0 bridgehead atoms. The van der Waals surface area contributed by atoms with E-state index in [1.807, 2.05) is 30.3 Å². The Hall–Kier alpha value is -2.41. The van der Waals surface area contributed by atoms with Crippen LogP contribution in [0.4, 0.5) is 0 Å². The Morgan fingerprint density at radius 2 is 2.27 bits per heavy atom. The van der Waals surface area contributed by atoms with Crippen LogP contribution < -0.4 is 10.1 Å². The first-order chi connectivity index (χ1) is 10.8. The molecule has 1 aliphatic rings. The second kappa shape index (κ2) is 7.04. The number of carbonyl (C=O) groups excluding carboxylic acids is 1. The zero-order valence-corrected chi connectivity index (χ0v) is 12.1. The van der Waals surface area contributed by atoms with Crippen LogP contribution in [0.25, 0.3) is 5.69 Å². The van der Waals surface area contributed by atoms with E-state index in [9.17, 15) is 4.79 Å². The molecule has 1 amide bonds. The summed E-state index contributed by atoms with van der Waals surface area (Å²) in [4.78, 5) is 15.7. The van der Waals surface area contributed by atoms with Crippen molar-refractivity contribution in [2.24, 2.45) is 0 Å². The highest BCUT2D eigenvalue weighted by atomic mass is 16.5. The second-order valence-electron chi connectivity index (χ2n) is 5.04. The maximum absolute atomic E-state index is 11.7. The second-order valence-corrected chi connectivity index (χ2v) is 5.04. The molecule has 0 saturated carbocycles. The Bertz CT molecular complexity index is 608. The number of ether oxygens (including phenoxy) is 2. The molecule has 1 fully saturated rings. The van der Waals surface area contributed by atoms with Crippen LogP contribution in [0.2, 0.25) is 0 Å². The first-order valence-electron chi connectivity index (χ1n) is 7.29. The number of rotatable bonds is 6. The first-order valence-corrected chi connectivity index (χ1v) is 7.29. The van der Waals surface area contributed by atoms with Crippen molar-refractivity contribution in [3.8, 4) is 11.7 Å². The number of hydrogen-bond donors (Lipinski definition) is 1. The standard InChI is InChI=1S/C15H18N4O3/c20-14(16-9-13-7-4-8-21-13)10-22-15-17-11-19(18-15)12-5-2-1-3-6-12/h1-3,5-6,11,13H,4,7-10H2,(H,16,20). The number of carbonyl (C=O) groups is 1. The van der Waals surface area contributed by atoms with Crippen LogP contribution in [0.1, 0.15) is 12.8 Å². The van der Waals surface area contributed by atoms with Gasteiger partial charge in [-0.1, -0.05) is 18.2 Å². The van der Waals surface area contributed by atoms with E-state index in [2.05, 4.69) is 15.4 Å². The summed E-state index contributed by atoms with van der Waals surface area (Å²) in [5.41, 5.74) is 0.882. The summed E-state index contributed by atoms with van der Waals surface area (Å²) in [6.45, 7) is 1.19. The van der Waals surface area contributed by atoms with Crippen molar-refractivity contribution < 1.29 is 14.3 Å². The third kappa shape index (κ3) is 3.82. The topological polar surface area (TPSA) is 78.3 Å². The fourth-order valence-electron chi connectivity index (χ4n) is 2.23. The van der Waals surface area contributed by atoms with Crippen LogP contribution in [0.15, 0.2) is 36.7 Å². The predicted molar refractivity (Wildman–Crippen MR) is 78.8 cm³/mol. The number of benzene rings is 1. The Morgan fingerprint density at radius 1 is 1.41 bits per heavy atom. The third-order valence-electron chi connectivity index (χ3n) is 3.37. The smallest absolute Gasteiger partial charge is 0.336 e. The van der Waals surface area contributed by atoms with E-state index >= 15 is 0 Å². The van der Waals surface area contributed by atoms with Crippen molar-refractivity contribution in [1.82, 2.24) is 20.1 Å². The molecular formula is C15H18N4O3. The quantitative estimate of drug-likeness (QED) is 0.859. The molecule has 2 heterocycles. The molecule has 2 aromatic rings. The SMILES string of the molecule is O=C(COc1ncn(-c2ccccc2)n1)NCC1CCCO1. The number of aromatic nitrogens is 3. The molecular weight excluding hydrogens is 284 g/mol. The molecule has 7 nitrogen and oxygen atoms in total. The highest BCUT2D eigenvalue weighted by molar-refractivity contribution is 5.77. The lowest BCUT2D eigenvalue weighted by Crippen LogP contribution is -2.35. The molecule has 1 atom stereocenters. The molecule has 0 aliphatic carbocycles. The van der Waals surface area contributed by atoms with E-state index in [1.165, 1.54) is 0 Å². The van der Waals surface area contributed by atoms with Crippen molar-refractivity contribution in [3.63, 3.8) is 0 Å². The van der Waals surface area contributed by atoms with Gasteiger partial charge in [0, 0.05) is 13.2 Å². The van der Waals surface area contributed by atoms with E-state index in [-0.39, 0.29) is 24.6 Å². The lowest BCUT2D eigenvalue weighted by Gasteiger charge is -2.10. The van der Waals surface area contributed by atoms with Crippen LogP contribution >= 0.6 is 0 Å². The normalized spacial score (nSPS) is 17.4. The number of para-hydroxylation sites is 1. The molecule has 1 aromatic carbocycles. The minimum Gasteiger partial charge on any atom is -0.452 e. The molecule has 3 rings (SSSR count). The van der Waals surface area contributed by atoms with Crippen LogP contribution in [-0.2, 0) is 9.53 Å². The van der Waals surface area contributed by atoms with Crippen molar-refractivity contribution in [3.05, 3.63) is 36.7 Å². The van der Waals surface area contributed by atoms with Crippen LogP contribution in [-0.4, -0.2) is 46.5 Å². The molecule has 1 aromatic heterocycles. The molecule has 7 heteroatoms. The Kier molecular flexibility index (Phi) is 4.65. The summed E-state index contributed by atoms with van der Waals surface area (Å²) < 4.78 is 12.3. The number of nitrogens with zero attached hydrogens (tertiary/aromatic N) is 3. The van der Waals surface area contributed by atoms with E-state index in [1.54, 1.807) is 11.0 Å². The lowest BCUT2D eigenvalue weighted by molar-refractivity contribution is -0.123. The number of amides is 1. The minimum absolute atomic E-state index is 0.106. The fraction of sp³-hybridized carbons (Fsp3) is 0.400. The largest absolute Gasteiger partial charge is 0.452 e. The van der Waals surface area contributed by atoms with Gasteiger partial charge in [-0.3, -0.25) is 4.79 Å². The summed E-state index contributed by atoms with van der Waals surface area (Å²) >= 11 is 0. The number of nitrogens with one attached hydrogen (secondary N) is 1. The van der Waals surface area contributed by atoms with Gasteiger partial charge in [0.05, 0.1) is 11.8 Å². The molecule has 1 aliphatic heterocycles. The van der Waals surface area contributed by atoms with E-state index in [4.69, 9.17) is 9.47 Å². The highest BCUT2D eigenvalue weighted by Gasteiger charge is 2.16. The van der Waals surface area contributed by atoms with Gasteiger partial charge < -0.3 is 14.8 Å². The third-order valence-corrected chi connectivity index (χ3v) is 3.37. The van der Waals surface area contributed by atoms with E-state index in [0.29, 0.717) is 6.54 Å². The highest BCUT2D eigenvalue weighted by Crippen LogP contribution is 2.10. The summed E-state index contributed by atoms with van der Waals surface area (Å²) in [6, 6.07) is 9.75. The Labute approximate surface area is 128 Å². The number of hydrogen-bond acceptors (Lipinski definition) is 5. The fourth-order valence-corrected chi connectivity index (χ4v) is 2.23. The summed E-state index contributed by atoms with van der Waals surface area (Å²) in [5.74, 6) is -0.202. The minimum atomic E-state index is -0.202. The van der Waals surface area contributed by atoms with E-state index < -0.39 is 0 Å². The van der Waals surface area contributed by atoms with Gasteiger partial charge in [0.2, 0.25) is 0 Å². The molecule has 0 radical (unpaired) electrons. The summed E-state index contributed by atoms with van der Waals surface area (Å²) in [6.07, 6.45) is 3.72. The molecule has 116 valence electrons. The summed E-state index contributed by atoms with van der Waals surface area (Å²) in [5, 5.41) is 6.95. The average molecular weight is 302 g/mol. The zero-order valence-electron chi connectivity index (χ0n) is 12.1. The predicted octanol–water partition coefficient (Wildman–Crippen LogP) is 0.941. The van der Waals surface area contributed by atoms with Crippen LogP contribution in [0, 0.1) is 0 Å². The van der Waals surface area contributed by atoms with Gasteiger partial charge in [0.1, 0.15) is 6.33 Å². The van der Waals surface area contributed by atoms with Gasteiger partial charge >= 0.3 is 6.01 Å². The molecule has 22 heavy (non-hydrogen) atoms. The van der Waals surface area contributed by atoms with E-state index in [0.717, 1.165) is 25.1 Å². The Balaban J connectivity index is 1.45. The molecule has 1 saturated heterocycles. The zero-order chi connectivity index (χ0) is 15.2. The van der Waals surface area contributed by atoms with Crippen LogP contribution in [0.5, 0.6) is 6.01 Å². The maximum Gasteiger partial charge on any atom is 0.336 e. The van der Waals surface area contributed by atoms with Gasteiger partial charge in [0.25, 0.3) is 5.91 Å². The maximum atomic E-state index is 11.7. The van der Waals surface area contributed by atoms with Gasteiger partial charge in [-0.15, -0.1) is 5.10 Å². The summed E-state index contributed by atoms with van der Waals surface area (Å²) in [7, 11) is 0.